The fraction of sp³-hybridized carbons (Fsp3) is 0.600. The van der Waals surface area contributed by atoms with E-state index < -0.39 is 0 Å². The molecule has 0 atom stereocenters. The second-order valence-corrected chi connectivity index (χ2v) is 7.54. The molecular formula is C20H31N3O2. The minimum Gasteiger partial charge on any atom is -0.347 e. The monoisotopic (exact) mass is 345 g/mol. The molecule has 1 aromatic carbocycles. The lowest BCUT2D eigenvalue weighted by atomic mass is 9.71. The van der Waals surface area contributed by atoms with Gasteiger partial charge in [-0.1, -0.05) is 37.0 Å². The van der Waals surface area contributed by atoms with E-state index in [0.717, 1.165) is 42.5 Å². The third-order valence-corrected chi connectivity index (χ3v) is 5.27. The summed E-state index contributed by atoms with van der Waals surface area (Å²) in [7, 11) is 0. The molecule has 0 aliphatic heterocycles. The maximum Gasteiger partial charge on any atom is 0.243 e. The molecule has 1 aliphatic rings. The molecule has 2 amide bonds. The highest BCUT2D eigenvalue weighted by Gasteiger charge is 2.32. The van der Waals surface area contributed by atoms with Gasteiger partial charge in [0.1, 0.15) is 0 Å². The number of aryl methyl sites for hydroxylation is 3. The van der Waals surface area contributed by atoms with Gasteiger partial charge in [-0.3, -0.25) is 9.59 Å². The van der Waals surface area contributed by atoms with Crippen molar-refractivity contribution in [1.82, 2.24) is 5.32 Å². The van der Waals surface area contributed by atoms with Gasteiger partial charge in [0.15, 0.2) is 0 Å². The zero-order valence-electron chi connectivity index (χ0n) is 15.7. The maximum absolute atomic E-state index is 12.3. The van der Waals surface area contributed by atoms with Crippen LogP contribution in [0.4, 0.5) is 5.69 Å². The van der Waals surface area contributed by atoms with Crippen LogP contribution in [0.15, 0.2) is 12.1 Å². The number of hydrogen-bond donors (Lipinski definition) is 3. The van der Waals surface area contributed by atoms with Gasteiger partial charge in [0, 0.05) is 12.1 Å². The average Bonchev–Trinajstić information content (AvgIpc) is 2.57. The number of amides is 2. The fourth-order valence-corrected chi connectivity index (χ4v) is 3.90. The van der Waals surface area contributed by atoms with E-state index in [9.17, 15) is 9.59 Å². The van der Waals surface area contributed by atoms with E-state index in [-0.39, 0.29) is 23.8 Å². The molecule has 1 aromatic rings. The molecule has 0 aromatic heterocycles. The normalized spacial score (nSPS) is 16.3. The number of hydrogen-bond acceptors (Lipinski definition) is 3. The van der Waals surface area contributed by atoms with Crippen LogP contribution in [0.25, 0.3) is 0 Å². The van der Waals surface area contributed by atoms with Crippen LogP contribution in [-0.2, 0) is 9.59 Å². The Bertz CT molecular complexity index is 611. The van der Waals surface area contributed by atoms with Gasteiger partial charge in [-0.05, 0) is 56.7 Å². The van der Waals surface area contributed by atoms with Crippen molar-refractivity contribution in [2.75, 3.05) is 18.4 Å². The van der Waals surface area contributed by atoms with Crippen LogP contribution >= 0.6 is 0 Å². The Hall–Kier alpha value is -1.88. The van der Waals surface area contributed by atoms with Crippen molar-refractivity contribution < 1.29 is 9.59 Å². The van der Waals surface area contributed by atoms with Crippen molar-refractivity contribution in [2.24, 2.45) is 11.1 Å². The third kappa shape index (κ3) is 5.30. The topological polar surface area (TPSA) is 84.2 Å². The van der Waals surface area contributed by atoms with Crippen molar-refractivity contribution >= 4 is 17.5 Å². The van der Waals surface area contributed by atoms with E-state index in [0.29, 0.717) is 13.0 Å². The number of rotatable bonds is 6. The summed E-state index contributed by atoms with van der Waals surface area (Å²) < 4.78 is 0. The quantitative estimate of drug-likeness (QED) is 0.741. The van der Waals surface area contributed by atoms with E-state index in [1.807, 2.05) is 32.9 Å². The summed E-state index contributed by atoms with van der Waals surface area (Å²) in [5, 5.41) is 5.66. The van der Waals surface area contributed by atoms with Crippen LogP contribution < -0.4 is 16.4 Å². The molecule has 0 heterocycles. The van der Waals surface area contributed by atoms with Gasteiger partial charge in [0.25, 0.3) is 0 Å². The van der Waals surface area contributed by atoms with Crippen molar-refractivity contribution in [3.8, 4) is 0 Å². The Morgan fingerprint density at radius 2 is 1.64 bits per heavy atom. The average molecular weight is 345 g/mol. The number of carbonyl (C=O) groups excluding carboxylic acids is 2. The number of carbonyl (C=O) groups is 2. The van der Waals surface area contributed by atoms with Crippen molar-refractivity contribution in [3.05, 3.63) is 28.8 Å². The Morgan fingerprint density at radius 3 is 2.20 bits per heavy atom. The highest BCUT2D eigenvalue weighted by molar-refractivity contribution is 5.95. The first-order valence-electron chi connectivity index (χ1n) is 9.20. The number of nitrogens with two attached hydrogens (primary N) is 1. The van der Waals surface area contributed by atoms with Crippen LogP contribution in [0.1, 0.15) is 55.2 Å². The molecular weight excluding hydrogens is 314 g/mol. The minimum absolute atomic E-state index is 0.00770. The fourth-order valence-electron chi connectivity index (χ4n) is 3.90. The second-order valence-electron chi connectivity index (χ2n) is 7.54. The van der Waals surface area contributed by atoms with E-state index in [1.54, 1.807) is 0 Å². The molecule has 2 rings (SSSR count). The summed E-state index contributed by atoms with van der Waals surface area (Å²) >= 11 is 0. The van der Waals surface area contributed by atoms with Gasteiger partial charge < -0.3 is 16.4 Å². The predicted octanol–water partition coefficient (Wildman–Crippen LogP) is 2.97. The molecule has 1 aliphatic carbocycles. The van der Waals surface area contributed by atoms with E-state index in [4.69, 9.17) is 5.73 Å². The summed E-state index contributed by atoms with van der Waals surface area (Å²) in [6.45, 7) is 6.51. The zero-order valence-corrected chi connectivity index (χ0v) is 15.7. The van der Waals surface area contributed by atoms with Gasteiger partial charge in [0.2, 0.25) is 11.8 Å². The van der Waals surface area contributed by atoms with E-state index in [2.05, 4.69) is 10.6 Å². The molecule has 5 nitrogen and oxygen atoms in total. The first kappa shape index (κ1) is 19.4. The van der Waals surface area contributed by atoms with Crippen LogP contribution in [0.2, 0.25) is 0 Å². The summed E-state index contributed by atoms with van der Waals surface area (Å²) in [6, 6.07) is 4.07. The van der Waals surface area contributed by atoms with Gasteiger partial charge in [-0.15, -0.1) is 0 Å². The molecule has 4 N–H and O–H groups in total. The van der Waals surface area contributed by atoms with Gasteiger partial charge >= 0.3 is 0 Å². The van der Waals surface area contributed by atoms with Crippen LogP contribution in [0, 0.1) is 26.2 Å². The largest absolute Gasteiger partial charge is 0.347 e. The SMILES string of the molecule is Cc1cc(C)c(NC(=O)CNC(=O)CC2(CN)CCCCC2)c(C)c1. The highest BCUT2D eigenvalue weighted by atomic mass is 16.2. The predicted molar refractivity (Wildman–Crippen MR) is 101 cm³/mol. The molecule has 0 bridgehead atoms. The lowest BCUT2D eigenvalue weighted by molar-refractivity contribution is -0.126. The first-order chi connectivity index (χ1) is 11.8. The molecule has 0 unspecified atom stereocenters. The van der Waals surface area contributed by atoms with Crippen LogP contribution in [0.3, 0.4) is 0 Å². The number of nitrogens with one attached hydrogen (secondary N) is 2. The number of benzene rings is 1. The maximum atomic E-state index is 12.3. The molecule has 1 fully saturated rings. The lowest BCUT2D eigenvalue weighted by Gasteiger charge is -2.35. The van der Waals surface area contributed by atoms with Crippen LogP contribution in [0.5, 0.6) is 0 Å². The Labute approximate surface area is 150 Å². The molecule has 0 radical (unpaired) electrons. The van der Waals surface area contributed by atoms with E-state index >= 15 is 0 Å². The van der Waals surface area contributed by atoms with Crippen LogP contribution in [-0.4, -0.2) is 24.9 Å². The number of anilines is 1. The summed E-state index contributed by atoms with van der Waals surface area (Å²) in [5.74, 6) is -0.284. The molecule has 25 heavy (non-hydrogen) atoms. The van der Waals surface area contributed by atoms with Gasteiger partial charge in [0.05, 0.1) is 6.54 Å². The summed E-state index contributed by atoms with van der Waals surface area (Å²) in [5.41, 5.74) is 9.91. The molecule has 1 saturated carbocycles. The standard InChI is InChI=1S/C20H31N3O2/c1-14-9-15(2)19(16(3)10-14)23-18(25)12-22-17(24)11-20(13-21)7-5-4-6-8-20/h9-10H,4-8,11-13,21H2,1-3H3,(H,22,24)(H,23,25). The molecule has 0 spiro atoms. The van der Waals surface area contributed by atoms with Crippen molar-refractivity contribution in [2.45, 2.75) is 59.3 Å². The first-order valence-corrected chi connectivity index (χ1v) is 9.20. The lowest BCUT2D eigenvalue weighted by Crippen LogP contribution is -2.40. The summed E-state index contributed by atoms with van der Waals surface area (Å²) in [4.78, 5) is 24.5. The van der Waals surface area contributed by atoms with Crippen molar-refractivity contribution in [1.29, 1.82) is 0 Å². The highest BCUT2D eigenvalue weighted by Crippen LogP contribution is 2.38. The smallest absolute Gasteiger partial charge is 0.243 e. The van der Waals surface area contributed by atoms with E-state index in [1.165, 1.54) is 12.0 Å². The molecule has 138 valence electrons. The Kier molecular flexibility index (Phi) is 6.59. The molecule has 0 saturated heterocycles. The minimum atomic E-state index is -0.200. The zero-order chi connectivity index (χ0) is 18.4. The third-order valence-electron chi connectivity index (χ3n) is 5.27. The van der Waals surface area contributed by atoms with Gasteiger partial charge in [-0.25, -0.2) is 0 Å². The second kappa shape index (κ2) is 8.48. The van der Waals surface area contributed by atoms with Crippen molar-refractivity contribution in [3.63, 3.8) is 0 Å². The Morgan fingerprint density at radius 1 is 1.04 bits per heavy atom. The Balaban J connectivity index is 1.86. The summed E-state index contributed by atoms with van der Waals surface area (Å²) in [6.07, 6.45) is 5.92. The molecule has 5 heteroatoms. The van der Waals surface area contributed by atoms with Gasteiger partial charge in [-0.2, -0.15) is 0 Å².